The Balaban J connectivity index is 1.48. The molecule has 0 bridgehead atoms. The Hall–Kier alpha value is -3.29. The minimum Gasteiger partial charge on any atom is -0.363 e. The second kappa shape index (κ2) is 7.85. The zero-order valence-electron chi connectivity index (χ0n) is 16.6. The van der Waals surface area contributed by atoms with Crippen LogP contribution in [0, 0.1) is 35.3 Å². The maximum Gasteiger partial charge on any atom is 0.293 e. The average molecular weight is 424 g/mol. The van der Waals surface area contributed by atoms with Gasteiger partial charge < -0.3 is 9.88 Å². The number of hydrogen-bond donors (Lipinski definition) is 1. The Morgan fingerprint density at radius 3 is 2.70 bits per heavy atom. The molecule has 0 radical (unpaired) electrons. The van der Waals surface area contributed by atoms with E-state index in [1.54, 1.807) is 12.1 Å². The largest absolute Gasteiger partial charge is 0.363 e. The fraction of sp³-hybridized carbons (Fsp3) is 0.350. The number of nitro groups is 1. The molecule has 3 heterocycles. The highest BCUT2D eigenvalue weighted by molar-refractivity contribution is 7.18. The van der Waals surface area contributed by atoms with Gasteiger partial charge in [0, 0.05) is 37.1 Å². The first-order valence-corrected chi connectivity index (χ1v) is 10.3. The summed E-state index contributed by atoms with van der Waals surface area (Å²) in [6.07, 6.45) is 0. The number of thiophene rings is 1. The molecule has 3 aromatic rings. The van der Waals surface area contributed by atoms with Crippen molar-refractivity contribution in [3.05, 3.63) is 60.5 Å². The van der Waals surface area contributed by atoms with Gasteiger partial charge in [0.1, 0.15) is 16.3 Å². The Labute approximate surface area is 176 Å². The van der Waals surface area contributed by atoms with Gasteiger partial charge in [0.15, 0.2) is 0 Å². The molecular weight excluding hydrogens is 404 g/mol. The van der Waals surface area contributed by atoms with Crippen molar-refractivity contribution < 1.29 is 4.92 Å². The van der Waals surface area contributed by atoms with Crippen LogP contribution in [-0.4, -0.2) is 46.0 Å². The summed E-state index contributed by atoms with van der Waals surface area (Å²) in [6, 6.07) is 6.50. The second-order valence-corrected chi connectivity index (χ2v) is 8.51. The molecule has 1 aromatic carbocycles. The molecule has 9 nitrogen and oxygen atoms in total. The molecule has 2 aromatic heterocycles. The number of nitro benzene ring substituents is 1. The standard InChI is InChI=1S/C20H20N6O3S/c1-12-13(2)30-20-18(12)19(27)22-17(23-20)11-24-5-7-25(8-6-24)15-4-3-14(10-21)9-16(15)26(28)29/h3-4,9H,5-8,11H2,1-2H3,(H,22,23,27). The highest BCUT2D eigenvalue weighted by atomic mass is 32.1. The molecule has 4 rings (SSSR count). The van der Waals surface area contributed by atoms with Crippen molar-refractivity contribution in [1.82, 2.24) is 14.9 Å². The van der Waals surface area contributed by atoms with E-state index in [1.807, 2.05) is 24.8 Å². The Kier molecular flexibility index (Phi) is 5.24. The Bertz CT molecular complexity index is 1230. The second-order valence-electron chi connectivity index (χ2n) is 7.31. The van der Waals surface area contributed by atoms with Crippen LogP contribution in [0.2, 0.25) is 0 Å². The predicted molar refractivity (Wildman–Crippen MR) is 115 cm³/mol. The highest BCUT2D eigenvalue weighted by Crippen LogP contribution is 2.30. The van der Waals surface area contributed by atoms with Crippen LogP contribution < -0.4 is 10.5 Å². The summed E-state index contributed by atoms with van der Waals surface area (Å²) in [6.45, 7) is 7.02. The maximum atomic E-state index is 12.5. The van der Waals surface area contributed by atoms with E-state index >= 15 is 0 Å². The quantitative estimate of drug-likeness (QED) is 0.505. The van der Waals surface area contributed by atoms with Crippen LogP contribution in [0.4, 0.5) is 11.4 Å². The predicted octanol–water partition coefficient (Wildman–Crippen LogP) is 2.70. The van der Waals surface area contributed by atoms with Gasteiger partial charge in [-0.3, -0.25) is 19.8 Å². The molecule has 1 N–H and O–H groups in total. The van der Waals surface area contributed by atoms with E-state index in [4.69, 9.17) is 5.26 Å². The van der Waals surface area contributed by atoms with Gasteiger partial charge in [-0.15, -0.1) is 11.3 Å². The van der Waals surface area contributed by atoms with Crippen LogP contribution in [-0.2, 0) is 6.54 Å². The molecular formula is C20H20N6O3S. The van der Waals surface area contributed by atoms with E-state index in [0.29, 0.717) is 49.6 Å². The van der Waals surface area contributed by atoms with Gasteiger partial charge in [0.2, 0.25) is 0 Å². The first-order chi connectivity index (χ1) is 14.4. The number of hydrogen-bond acceptors (Lipinski definition) is 8. The number of H-pyrrole nitrogens is 1. The summed E-state index contributed by atoms with van der Waals surface area (Å²) in [5, 5.41) is 21.1. The fourth-order valence-corrected chi connectivity index (χ4v) is 4.79. The minimum atomic E-state index is -0.447. The molecule has 0 spiro atoms. The van der Waals surface area contributed by atoms with Gasteiger partial charge in [-0.25, -0.2) is 4.98 Å². The summed E-state index contributed by atoms with van der Waals surface area (Å²) in [7, 11) is 0. The van der Waals surface area contributed by atoms with Crippen molar-refractivity contribution in [3.8, 4) is 6.07 Å². The summed E-state index contributed by atoms with van der Waals surface area (Å²) in [5.74, 6) is 0.631. The third-order valence-electron chi connectivity index (χ3n) is 5.48. The van der Waals surface area contributed by atoms with E-state index < -0.39 is 4.92 Å². The zero-order valence-corrected chi connectivity index (χ0v) is 17.5. The van der Waals surface area contributed by atoms with E-state index in [2.05, 4.69) is 14.9 Å². The minimum absolute atomic E-state index is 0.0533. The monoisotopic (exact) mass is 424 g/mol. The molecule has 0 atom stereocenters. The van der Waals surface area contributed by atoms with Crippen molar-refractivity contribution in [2.24, 2.45) is 0 Å². The van der Waals surface area contributed by atoms with Gasteiger partial charge in [-0.2, -0.15) is 5.26 Å². The molecule has 1 aliphatic rings. The number of nitriles is 1. The number of anilines is 1. The lowest BCUT2D eigenvalue weighted by atomic mass is 10.1. The number of rotatable bonds is 4. The molecule has 0 amide bonds. The lowest BCUT2D eigenvalue weighted by Crippen LogP contribution is -2.46. The number of aryl methyl sites for hydroxylation is 2. The summed E-state index contributed by atoms with van der Waals surface area (Å²) < 4.78 is 0. The van der Waals surface area contributed by atoms with Gasteiger partial charge in [-0.05, 0) is 31.5 Å². The molecule has 0 unspecified atom stereocenters. The molecule has 1 aliphatic heterocycles. The summed E-state index contributed by atoms with van der Waals surface area (Å²) in [5.41, 5.74) is 1.61. The van der Waals surface area contributed by atoms with Crippen LogP contribution >= 0.6 is 11.3 Å². The molecule has 154 valence electrons. The highest BCUT2D eigenvalue weighted by Gasteiger charge is 2.25. The van der Waals surface area contributed by atoms with Gasteiger partial charge in [0.05, 0.1) is 28.5 Å². The first-order valence-electron chi connectivity index (χ1n) is 9.52. The van der Waals surface area contributed by atoms with Gasteiger partial charge >= 0.3 is 0 Å². The third-order valence-corrected chi connectivity index (χ3v) is 6.58. The van der Waals surface area contributed by atoms with E-state index in [9.17, 15) is 14.9 Å². The average Bonchev–Trinajstić information content (AvgIpc) is 3.02. The summed E-state index contributed by atoms with van der Waals surface area (Å²) >= 11 is 1.53. The SMILES string of the molecule is Cc1sc2nc(CN3CCN(c4ccc(C#N)cc4[N+](=O)[O-])CC3)[nH]c(=O)c2c1C. The topological polar surface area (TPSA) is 119 Å². The van der Waals surface area contributed by atoms with E-state index in [-0.39, 0.29) is 16.8 Å². The summed E-state index contributed by atoms with van der Waals surface area (Å²) in [4.78, 5) is 37.0. The molecule has 30 heavy (non-hydrogen) atoms. The maximum absolute atomic E-state index is 12.5. The number of nitrogens with one attached hydrogen (secondary N) is 1. The third kappa shape index (κ3) is 3.65. The lowest BCUT2D eigenvalue weighted by molar-refractivity contribution is -0.384. The normalized spacial score (nSPS) is 14.8. The van der Waals surface area contributed by atoms with Crippen LogP contribution in [0.1, 0.15) is 21.8 Å². The molecule has 1 saturated heterocycles. The smallest absolute Gasteiger partial charge is 0.293 e. The Morgan fingerprint density at radius 1 is 1.30 bits per heavy atom. The first kappa shape index (κ1) is 20.0. The molecule has 1 fully saturated rings. The van der Waals surface area contributed by atoms with Crippen molar-refractivity contribution in [3.63, 3.8) is 0 Å². The van der Waals surface area contributed by atoms with Crippen LogP contribution in [0.5, 0.6) is 0 Å². The molecule has 0 aliphatic carbocycles. The van der Waals surface area contributed by atoms with E-state index in [1.165, 1.54) is 17.4 Å². The van der Waals surface area contributed by atoms with E-state index in [0.717, 1.165) is 15.3 Å². The lowest BCUT2D eigenvalue weighted by Gasteiger charge is -2.35. The van der Waals surface area contributed by atoms with Gasteiger partial charge in [0.25, 0.3) is 11.2 Å². The number of benzene rings is 1. The number of aromatic amines is 1. The zero-order chi connectivity index (χ0) is 21.4. The fourth-order valence-electron chi connectivity index (χ4n) is 3.74. The van der Waals surface area contributed by atoms with Crippen molar-refractivity contribution in [2.45, 2.75) is 20.4 Å². The van der Waals surface area contributed by atoms with Crippen molar-refractivity contribution >= 4 is 32.9 Å². The van der Waals surface area contributed by atoms with Gasteiger partial charge in [-0.1, -0.05) is 0 Å². The van der Waals surface area contributed by atoms with Crippen LogP contribution in [0.3, 0.4) is 0 Å². The van der Waals surface area contributed by atoms with Crippen LogP contribution in [0.15, 0.2) is 23.0 Å². The van der Waals surface area contributed by atoms with Crippen molar-refractivity contribution in [1.29, 1.82) is 5.26 Å². The Morgan fingerprint density at radius 2 is 2.03 bits per heavy atom. The van der Waals surface area contributed by atoms with Crippen molar-refractivity contribution in [2.75, 3.05) is 31.1 Å². The van der Waals surface area contributed by atoms with Crippen LogP contribution in [0.25, 0.3) is 10.2 Å². The molecule has 0 saturated carbocycles. The molecule has 10 heteroatoms. The number of nitrogens with zero attached hydrogens (tertiary/aromatic N) is 5. The number of fused-ring (bicyclic) bond motifs is 1. The number of piperazine rings is 1. The number of aromatic nitrogens is 2.